The van der Waals surface area contributed by atoms with Crippen molar-refractivity contribution in [3.63, 3.8) is 0 Å². The first-order valence-corrected chi connectivity index (χ1v) is 5.67. The summed E-state index contributed by atoms with van der Waals surface area (Å²) in [4.78, 5) is 1.03. The van der Waals surface area contributed by atoms with Crippen LogP contribution in [0.4, 0.5) is 26.3 Å². The number of alkyl halides is 7. The average Bonchev–Trinajstić information content (AvgIpc) is 2.13. The molecule has 0 rings (SSSR count). The topological polar surface area (TPSA) is 12.5 Å². The molecule has 0 aromatic carbocycles. The van der Waals surface area contributed by atoms with E-state index in [1.54, 1.807) is 0 Å². The van der Waals surface area contributed by atoms with Crippen molar-refractivity contribution in [2.45, 2.75) is 18.8 Å². The van der Waals surface area contributed by atoms with E-state index >= 15 is 0 Å². The van der Waals surface area contributed by atoms with Crippen LogP contribution in [-0.4, -0.2) is 56.0 Å². The fourth-order valence-corrected chi connectivity index (χ4v) is 1.46. The van der Waals surface area contributed by atoms with E-state index in [-0.39, 0.29) is 32.0 Å². The van der Waals surface area contributed by atoms with Gasteiger partial charge in [0, 0.05) is 25.6 Å². The Morgan fingerprint density at radius 2 is 1.56 bits per heavy atom. The summed E-state index contributed by atoms with van der Waals surface area (Å²) in [6.07, 6.45) is -8.68. The molecule has 0 radical (unpaired) electrons. The first-order chi connectivity index (χ1) is 8.14. The monoisotopic (exact) mass is 301 g/mol. The first-order valence-electron chi connectivity index (χ1n) is 5.13. The zero-order chi connectivity index (χ0) is 14.2. The first kappa shape index (κ1) is 17.8. The van der Waals surface area contributed by atoms with Crippen molar-refractivity contribution < 1.29 is 31.1 Å². The van der Waals surface area contributed by atoms with Gasteiger partial charge >= 0.3 is 12.4 Å². The van der Waals surface area contributed by atoms with Crippen molar-refractivity contribution in [1.82, 2.24) is 4.90 Å². The van der Waals surface area contributed by atoms with Gasteiger partial charge in [-0.2, -0.15) is 26.3 Å². The van der Waals surface area contributed by atoms with Gasteiger partial charge in [-0.25, -0.2) is 0 Å². The number of nitrogens with zero attached hydrogens (tertiary/aromatic N) is 1. The van der Waals surface area contributed by atoms with Crippen LogP contribution in [0.25, 0.3) is 0 Å². The smallest absolute Gasteiger partial charge is 0.372 e. The fraction of sp³-hybridized carbons (Fsp3) is 1.00. The van der Waals surface area contributed by atoms with Crippen LogP contribution in [0.5, 0.6) is 0 Å². The van der Waals surface area contributed by atoms with Gasteiger partial charge in [0.25, 0.3) is 0 Å². The van der Waals surface area contributed by atoms with Crippen LogP contribution < -0.4 is 0 Å². The van der Waals surface area contributed by atoms with Gasteiger partial charge in [0.1, 0.15) is 6.61 Å². The summed E-state index contributed by atoms with van der Waals surface area (Å²) in [6.45, 7) is -2.73. The molecule has 0 aliphatic rings. The van der Waals surface area contributed by atoms with Gasteiger partial charge in [-0.15, -0.1) is 11.6 Å². The highest BCUT2D eigenvalue weighted by atomic mass is 35.5. The Morgan fingerprint density at radius 3 is 2.00 bits per heavy atom. The summed E-state index contributed by atoms with van der Waals surface area (Å²) in [5, 5.41) is 0. The van der Waals surface area contributed by atoms with Crippen LogP contribution in [-0.2, 0) is 4.74 Å². The average molecular weight is 302 g/mol. The number of hydrogen-bond donors (Lipinski definition) is 0. The molecule has 0 heterocycles. The van der Waals surface area contributed by atoms with Crippen LogP contribution in [0.3, 0.4) is 0 Å². The van der Waals surface area contributed by atoms with E-state index in [2.05, 4.69) is 4.74 Å². The quantitative estimate of drug-likeness (QED) is 0.388. The lowest BCUT2D eigenvalue weighted by atomic mass is 10.4. The van der Waals surface area contributed by atoms with E-state index < -0.39 is 25.5 Å². The van der Waals surface area contributed by atoms with Gasteiger partial charge < -0.3 is 4.74 Å². The normalized spacial score (nSPS) is 13.3. The molecule has 0 aromatic heterocycles. The van der Waals surface area contributed by atoms with Crippen molar-refractivity contribution in [3.8, 4) is 0 Å². The molecule has 0 amide bonds. The summed E-state index contributed by atoms with van der Waals surface area (Å²) in [6, 6.07) is 0. The van der Waals surface area contributed by atoms with Crippen molar-refractivity contribution in [2.75, 3.05) is 38.7 Å². The van der Waals surface area contributed by atoms with E-state index in [9.17, 15) is 26.3 Å². The van der Waals surface area contributed by atoms with E-state index in [0.29, 0.717) is 0 Å². The Hall–Kier alpha value is -0.210. The maximum atomic E-state index is 12.1. The molecule has 0 saturated carbocycles. The van der Waals surface area contributed by atoms with E-state index in [1.165, 1.54) is 0 Å². The minimum Gasteiger partial charge on any atom is -0.372 e. The molecule has 0 aromatic rings. The molecular weight excluding hydrogens is 288 g/mol. The minimum absolute atomic E-state index is 0.00983. The Morgan fingerprint density at radius 1 is 0.944 bits per heavy atom. The molecule has 0 fully saturated rings. The van der Waals surface area contributed by atoms with Gasteiger partial charge in [-0.05, 0) is 6.42 Å². The lowest BCUT2D eigenvalue weighted by Crippen LogP contribution is -2.36. The Kier molecular flexibility index (Phi) is 7.97. The standard InChI is InChI=1S/C9H14ClF6NO/c10-2-4-17(6-8(11,12)13)3-1-5-18-7-9(14,15)16/h1-7H2. The molecule has 0 saturated heterocycles. The molecule has 18 heavy (non-hydrogen) atoms. The van der Waals surface area contributed by atoms with E-state index in [0.717, 1.165) is 4.90 Å². The lowest BCUT2D eigenvalue weighted by Gasteiger charge is -2.22. The van der Waals surface area contributed by atoms with Crippen LogP contribution in [0.1, 0.15) is 6.42 Å². The zero-order valence-electron chi connectivity index (χ0n) is 9.45. The molecule has 9 heteroatoms. The summed E-state index contributed by atoms with van der Waals surface area (Å²) in [5.41, 5.74) is 0. The van der Waals surface area contributed by atoms with E-state index in [4.69, 9.17) is 11.6 Å². The number of hydrogen-bond acceptors (Lipinski definition) is 2. The third kappa shape index (κ3) is 12.3. The fourth-order valence-electron chi connectivity index (χ4n) is 1.22. The Bertz CT molecular complexity index is 220. The second-order valence-corrected chi connectivity index (χ2v) is 3.98. The predicted octanol–water partition coefficient (Wildman–Crippen LogP) is 3.06. The second-order valence-electron chi connectivity index (χ2n) is 3.60. The van der Waals surface area contributed by atoms with Crippen molar-refractivity contribution in [2.24, 2.45) is 0 Å². The van der Waals surface area contributed by atoms with Crippen molar-refractivity contribution in [1.29, 1.82) is 0 Å². The van der Waals surface area contributed by atoms with Crippen LogP contribution in [0.2, 0.25) is 0 Å². The largest absolute Gasteiger partial charge is 0.411 e. The predicted molar refractivity (Wildman–Crippen MR) is 54.7 cm³/mol. The Balaban J connectivity index is 3.77. The van der Waals surface area contributed by atoms with E-state index in [1.807, 2.05) is 0 Å². The van der Waals surface area contributed by atoms with Crippen LogP contribution in [0.15, 0.2) is 0 Å². The Labute approximate surface area is 106 Å². The minimum atomic E-state index is -4.41. The molecule has 0 unspecified atom stereocenters. The second kappa shape index (κ2) is 8.06. The van der Waals surface area contributed by atoms with Crippen molar-refractivity contribution in [3.05, 3.63) is 0 Å². The SMILES string of the molecule is FC(F)(F)COCCCN(CCCl)CC(F)(F)F. The molecular formula is C9H14ClF6NO. The molecule has 2 nitrogen and oxygen atoms in total. The summed E-state index contributed by atoms with van der Waals surface area (Å²) in [5.74, 6) is 0.0273. The third-order valence-electron chi connectivity index (χ3n) is 1.83. The molecule has 110 valence electrons. The number of rotatable bonds is 8. The maximum absolute atomic E-state index is 12.1. The van der Waals surface area contributed by atoms with Gasteiger partial charge in [-0.1, -0.05) is 0 Å². The van der Waals surface area contributed by atoms with Gasteiger partial charge in [-0.3, -0.25) is 4.90 Å². The highest BCUT2D eigenvalue weighted by Crippen LogP contribution is 2.17. The lowest BCUT2D eigenvalue weighted by molar-refractivity contribution is -0.174. The highest BCUT2D eigenvalue weighted by molar-refractivity contribution is 6.18. The molecule has 0 aliphatic carbocycles. The summed E-state index contributed by atoms with van der Waals surface area (Å²) < 4.78 is 75.6. The molecule has 0 spiro atoms. The van der Waals surface area contributed by atoms with Gasteiger partial charge in [0.05, 0.1) is 6.54 Å². The maximum Gasteiger partial charge on any atom is 0.411 e. The van der Waals surface area contributed by atoms with Gasteiger partial charge in [0.2, 0.25) is 0 Å². The van der Waals surface area contributed by atoms with Crippen LogP contribution in [0, 0.1) is 0 Å². The molecule has 0 bridgehead atoms. The summed E-state index contributed by atoms with van der Waals surface area (Å²) in [7, 11) is 0. The third-order valence-corrected chi connectivity index (χ3v) is 2.00. The molecule has 0 atom stereocenters. The summed E-state index contributed by atoms with van der Waals surface area (Å²) >= 11 is 5.34. The number of ether oxygens (including phenoxy) is 1. The molecule has 0 aliphatic heterocycles. The van der Waals surface area contributed by atoms with Crippen LogP contribution >= 0.6 is 11.6 Å². The van der Waals surface area contributed by atoms with Crippen molar-refractivity contribution >= 4 is 11.6 Å². The van der Waals surface area contributed by atoms with Gasteiger partial charge in [0.15, 0.2) is 0 Å². The molecule has 0 N–H and O–H groups in total. The zero-order valence-corrected chi connectivity index (χ0v) is 10.2. The highest BCUT2D eigenvalue weighted by Gasteiger charge is 2.30. The number of halogens is 7.